The Balaban J connectivity index is 2.84. The molecule has 0 amide bonds. The maximum absolute atomic E-state index is 5.70. The van der Waals surface area contributed by atoms with Gasteiger partial charge in [-0.05, 0) is 25.5 Å². The van der Waals surface area contributed by atoms with Gasteiger partial charge in [-0.25, -0.2) is 0 Å². The fourth-order valence-corrected chi connectivity index (χ4v) is 1.31. The highest BCUT2D eigenvalue weighted by Crippen LogP contribution is 2.10. The number of nitrogens with zero attached hydrogens (tertiary/aromatic N) is 1. The first-order chi connectivity index (χ1) is 5.25. The summed E-state index contributed by atoms with van der Waals surface area (Å²) in [7, 11) is 1.81. The summed E-state index contributed by atoms with van der Waals surface area (Å²) in [5.74, 6) is 0. The summed E-state index contributed by atoms with van der Waals surface area (Å²) in [5, 5.41) is 3.25. The number of hydrogen-bond donors (Lipinski definition) is 2. The molecule has 1 heterocycles. The number of piperidine rings is 1. The molecule has 3 heteroatoms. The van der Waals surface area contributed by atoms with Crippen LogP contribution in [-0.4, -0.2) is 25.8 Å². The van der Waals surface area contributed by atoms with Crippen LogP contribution in [0.2, 0.25) is 0 Å². The van der Waals surface area contributed by atoms with Crippen molar-refractivity contribution in [2.24, 2.45) is 10.7 Å². The van der Waals surface area contributed by atoms with E-state index in [0.29, 0.717) is 0 Å². The second kappa shape index (κ2) is 3.53. The largest absolute Gasteiger partial charge is 0.402 e. The molecule has 3 nitrogen and oxygen atoms in total. The second-order valence-electron chi connectivity index (χ2n) is 2.76. The van der Waals surface area contributed by atoms with Crippen LogP contribution in [-0.2, 0) is 0 Å². The van der Waals surface area contributed by atoms with Crippen molar-refractivity contribution < 1.29 is 0 Å². The quantitative estimate of drug-likeness (QED) is 0.525. The van der Waals surface area contributed by atoms with Crippen LogP contribution in [0.3, 0.4) is 0 Å². The van der Waals surface area contributed by atoms with E-state index >= 15 is 0 Å². The summed E-state index contributed by atoms with van der Waals surface area (Å²) < 4.78 is 0. The summed E-state index contributed by atoms with van der Waals surface area (Å²) in [6.07, 6.45) is 1.01. The summed E-state index contributed by atoms with van der Waals surface area (Å²) in [5.41, 5.74) is 8.95. The van der Waals surface area contributed by atoms with Gasteiger partial charge in [0.1, 0.15) is 0 Å². The monoisotopic (exact) mass is 153 g/mol. The van der Waals surface area contributed by atoms with Crippen molar-refractivity contribution in [1.29, 1.82) is 0 Å². The SMILES string of the molecule is CN=C1CNCCC1=C(C)N. The first-order valence-corrected chi connectivity index (χ1v) is 3.87. The third-order valence-electron chi connectivity index (χ3n) is 1.94. The van der Waals surface area contributed by atoms with Crippen LogP contribution in [0.15, 0.2) is 16.3 Å². The smallest absolute Gasteiger partial charge is 0.0532 e. The molecule has 0 aromatic rings. The maximum Gasteiger partial charge on any atom is 0.0532 e. The molecule has 0 aromatic carbocycles. The minimum atomic E-state index is 0.861. The summed E-state index contributed by atoms with van der Waals surface area (Å²) in [4.78, 5) is 4.17. The van der Waals surface area contributed by atoms with Crippen LogP contribution < -0.4 is 11.1 Å². The van der Waals surface area contributed by atoms with Gasteiger partial charge in [0.05, 0.1) is 5.71 Å². The van der Waals surface area contributed by atoms with E-state index in [2.05, 4.69) is 10.3 Å². The van der Waals surface area contributed by atoms with Crippen molar-refractivity contribution in [1.82, 2.24) is 5.32 Å². The van der Waals surface area contributed by atoms with Gasteiger partial charge in [0.2, 0.25) is 0 Å². The third-order valence-corrected chi connectivity index (χ3v) is 1.94. The number of rotatable bonds is 0. The van der Waals surface area contributed by atoms with Crippen molar-refractivity contribution in [3.63, 3.8) is 0 Å². The molecular formula is C8H15N3. The van der Waals surface area contributed by atoms with E-state index in [1.54, 1.807) is 0 Å². The second-order valence-corrected chi connectivity index (χ2v) is 2.76. The molecule has 1 saturated heterocycles. The lowest BCUT2D eigenvalue weighted by molar-refractivity contribution is 0.726. The Hall–Kier alpha value is -0.830. The van der Waals surface area contributed by atoms with Crippen LogP contribution in [0, 0.1) is 0 Å². The zero-order chi connectivity index (χ0) is 8.27. The van der Waals surface area contributed by atoms with Crippen molar-refractivity contribution in [2.75, 3.05) is 20.1 Å². The summed E-state index contributed by atoms with van der Waals surface area (Å²) in [6.45, 7) is 3.81. The number of allylic oxidation sites excluding steroid dienone is 1. The molecule has 0 aromatic heterocycles. The minimum Gasteiger partial charge on any atom is -0.402 e. The fourth-order valence-electron chi connectivity index (χ4n) is 1.31. The first-order valence-electron chi connectivity index (χ1n) is 3.87. The van der Waals surface area contributed by atoms with Gasteiger partial charge >= 0.3 is 0 Å². The Morgan fingerprint density at radius 2 is 2.36 bits per heavy atom. The highest BCUT2D eigenvalue weighted by Gasteiger charge is 2.12. The Morgan fingerprint density at radius 3 is 2.82 bits per heavy atom. The fraction of sp³-hybridized carbons (Fsp3) is 0.625. The number of nitrogens with two attached hydrogens (primary N) is 1. The molecule has 0 aliphatic carbocycles. The highest BCUT2D eigenvalue weighted by molar-refractivity contribution is 6.02. The van der Waals surface area contributed by atoms with Crippen LogP contribution in [0.25, 0.3) is 0 Å². The normalized spacial score (nSPS) is 27.3. The van der Waals surface area contributed by atoms with E-state index < -0.39 is 0 Å². The lowest BCUT2D eigenvalue weighted by Gasteiger charge is -2.18. The van der Waals surface area contributed by atoms with E-state index in [1.807, 2.05) is 14.0 Å². The molecule has 0 saturated carbocycles. The predicted molar refractivity (Wildman–Crippen MR) is 47.7 cm³/mol. The molecule has 3 N–H and O–H groups in total. The number of nitrogens with one attached hydrogen (secondary N) is 1. The van der Waals surface area contributed by atoms with Crippen LogP contribution in [0.4, 0.5) is 0 Å². The molecule has 0 bridgehead atoms. The molecule has 62 valence electrons. The molecule has 0 spiro atoms. The van der Waals surface area contributed by atoms with Gasteiger partial charge in [0.15, 0.2) is 0 Å². The Morgan fingerprint density at radius 1 is 1.64 bits per heavy atom. The lowest BCUT2D eigenvalue weighted by Crippen LogP contribution is -2.33. The van der Waals surface area contributed by atoms with E-state index in [0.717, 1.165) is 30.9 Å². The van der Waals surface area contributed by atoms with E-state index in [9.17, 15) is 0 Å². The Labute approximate surface area is 67.4 Å². The number of hydrogen-bond acceptors (Lipinski definition) is 3. The lowest BCUT2D eigenvalue weighted by atomic mass is 10.0. The van der Waals surface area contributed by atoms with Crippen molar-refractivity contribution in [2.45, 2.75) is 13.3 Å². The highest BCUT2D eigenvalue weighted by atomic mass is 14.9. The topological polar surface area (TPSA) is 50.4 Å². The molecule has 1 aliphatic rings. The van der Waals surface area contributed by atoms with Gasteiger partial charge in [0, 0.05) is 19.3 Å². The molecular weight excluding hydrogens is 138 g/mol. The van der Waals surface area contributed by atoms with Gasteiger partial charge in [-0.1, -0.05) is 0 Å². The zero-order valence-corrected chi connectivity index (χ0v) is 7.15. The van der Waals surface area contributed by atoms with E-state index in [4.69, 9.17) is 5.73 Å². The maximum atomic E-state index is 5.70. The van der Waals surface area contributed by atoms with Crippen molar-refractivity contribution in [3.05, 3.63) is 11.3 Å². The van der Waals surface area contributed by atoms with E-state index in [1.165, 1.54) is 5.57 Å². The van der Waals surface area contributed by atoms with Crippen molar-refractivity contribution >= 4 is 5.71 Å². The first kappa shape index (κ1) is 8.27. The molecule has 0 atom stereocenters. The molecule has 1 fully saturated rings. The van der Waals surface area contributed by atoms with Gasteiger partial charge in [-0.15, -0.1) is 0 Å². The molecule has 0 radical (unpaired) electrons. The zero-order valence-electron chi connectivity index (χ0n) is 7.15. The van der Waals surface area contributed by atoms with Gasteiger partial charge in [-0.2, -0.15) is 0 Å². The van der Waals surface area contributed by atoms with Gasteiger partial charge < -0.3 is 11.1 Å². The van der Waals surface area contributed by atoms with Gasteiger partial charge in [0.25, 0.3) is 0 Å². The van der Waals surface area contributed by atoms with Crippen LogP contribution in [0.5, 0.6) is 0 Å². The summed E-state index contributed by atoms with van der Waals surface area (Å²) in [6, 6.07) is 0. The molecule has 0 unspecified atom stereocenters. The Bertz CT molecular complexity index is 199. The van der Waals surface area contributed by atoms with E-state index in [-0.39, 0.29) is 0 Å². The van der Waals surface area contributed by atoms with Crippen molar-refractivity contribution in [3.8, 4) is 0 Å². The number of aliphatic imine (C=N–C) groups is 1. The average molecular weight is 153 g/mol. The molecule has 1 aliphatic heterocycles. The third kappa shape index (κ3) is 1.80. The van der Waals surface area contributed by atoms with Gasteiger partial charge in [-0.3, -0.25) is 4.99 Å². The minimum absolute atomic E-state index is 0.861. The Kier molecular flexibility index (Phi) is 2.65. The van der Waals surface area contributed by atoms with Crippen LogP contribution >= 0.6 is 0 Å². The predicted octanol–water partition coefficient (Wildman–Crippen LogP) is 0.283. The molecule has 1 rings (SSSR count). The van der Waals surface area contributed by atoms with Crippen LogP contribution in [0.1, 0.15) is 13.3 Å². The standard InChI is InChI=1S/C8H15N3/c1-6(9)7-3-4-11-5-8(7)10-2/h11H,3-5,9H2,1-2H3. The average Bonchev–Trinajstić information content (AvgIpc) is 2.04. The molecule has 11 heavy (non-hydrogen) atoms. The summed E-state index contributed by atoms with van der Waals surface area (Å²) >= 11 is 0.